The largest absolute Gasteiger partial charge is 0.359 e. The lowest BCUT2D eigenvalue weighted by molar-refractivity contribution is -0.143. The quantitative estimate of drug-likeness (QED) is 0.675. The Labute approximate surface area is 147 Å². The molecule has 0 aromatic heterocycles. The van der Waals surface area contributed by atoms with Crippen molar-refractivity contribution < 1.29 is 14.4 Å². The van der Waals surface area contributed by atoms with Gasteiger partial charge in [-0.2, -0.15) is 0 Å². The van der Waals surface area contributed by atoms with Crippen LogP contribution in [0.4, 0.5) is 0 Å². The third kappa shape index (κ3) is 2.49. The number of hydrogen-bond acceptors (Lipinski definition) is 3. The van der Waals surface area contributed by atoms with Crippen LogP contribution in [0.15, 0.2) is 42.5 Å². The lowest BCUT2D eigenvalue weighted by atomic mass is 9.63. The van der Waals surface area contributed by atoms with Gasteiger partial charge in [0.15, 0.2) is 0 Å². The highest BCUT2D eigenvalue weighted by Crippen LogP contribution is 2.51. The van der Waals surface area contributed by atoms with Crippen molar-refractivity contribution in [3.63, 3.8) is 0 Å². The molecule has 5 atom stereocenters. The summed E-state index contributed by atoms with van der Waals surface area (Å²) in [5, 5.41) is 2.61. The van der Waals surface area contributed by atoms with Gasteiger partial charge >= 0.3 is 0 Å². The Morgan fingerprint density at radius 2 is 1.64 bits per heavy atom. The topological polar surface area (TPSA) is 66.5 Å². The van der Waals surface area contributed by atoms with E-state index in [9.17, 15) is 14.4 Å². The SMILES string of the molecule is CNC(=O)C[C@H](c1ccccc1)N1C(=O)[C@H]2[C@H](C1=O)[C@H]1C=C[C@H]2CC1. The van der Waals surface area contributed by atoms with Gasteiger partial charge in [-0.3, -0.25) is 19.3 Å². The predicted molar refractivity (Wildman–Crippen MR) is 92.1 cm³/mol. The first kappa shape index (κ1) is 16.1. The number of imide groups is 1. The van der Waals surface area contributed by atoms with Crippen molar-refractivity contribution in [2.45, 2.75) is 25.3 Å². The maximum absolute atomic E-state index is 13.2. The molecule has 25 heavy (non-hydrogen) atoms. The van der Waals surface area contributed by atoms with Crippen LogP contribution in [0.3, 0.4) is 0 Å². The third-order valence-electron chi connectivity index (χ3n) is 5.95. The molecule has 5 rings (SSSR count). The molecule has 1 N–H and O–H groups in total. The van der Waals surface area contributed by atoms with Gasteiger partial charge < -0.3 is 5.32 Å². The van der Waals surface area contributed by atoms with Gasteiger partial charge in [-0.15, -0.1) is 0 Å². The molecule has 0 radical (unpaired) electrons. The number of fused-ring (bicyclic) bond motifs is 1. The lowest BCUT2D eigenvalue weighted by Crippen LogP contribution is -2.38. The van der Waals surface area contributed by atoms with Crippen molar-refractivity contribution in [1.29, 1.82) is 0 Å². The molecule has 5 heteroatoms. The van der Waals surface area contributed by atoms with Crippen LogP contribution >= 0.6 is 0 Å². The molecule has 1 saturated carbocycles. The molecule has 2 bridgehead atoms. The molecule has 1 aromatic rings. The second kappa shape index (κ2) is 6.14. The van der Waals surface area contributed by atoms with E-state index in [4.69, 9.17) is 0 Å². The highest BCUT2D eigenvalue weighted by Gasteiger charge is 2.58. The lowest BCUT2D eigenvalue weighted by Gasteiger charge is -2.38. The Morgan fingerprint density at radius 1 is 1.08 bits per heavy atom. The fourth-order valence-electron chi connectivity index (χ4n) is 4.72. The van der Waals surface area contributed by atoms with Gasteiger partial charge in [-0.25, -0.2) is 0 Å². The number of nitrogens with zero attached hydrogens (tertiary/aromatic N) is 1. The zero-order valence-corrected chi connectivity index (χ0v) is 14.2. The summed E-state index contributed by atoms with van der Waals surface area (Å²) in [6.45, 7) is 0. The van der Waals surface area contributed by atoms with E-state index in [0.717, 1.165) is 18.4 Å². The highest BCUT2D eigenvalue weighted by molar-refractivity contribution is 6.06. The first-order chi connectivity index (χ1) is 12.1. The molecular weight excluding hydrogens is 316 g/mol. The number of likely N-dealkylation sites (tertiary alicyclic amines) is 1. The van der Waals surface area contributed by atoms with Gasteiger partial charge in [0.25, 0.3) is 0 Å². The van der Waals surface area contributed by atoms with Crippen molar-refractivity contribution in [1.82, 2.24) is 10.2 Å². The van der Waals surface area contributed by atoms with Crippen molar-refractivity contribution in [3.05, 3.63) is 48.0 Å². The Morgan fingerprint density at radius 3 is 2.12 bits per heavy atom. The molecule has 1 heterocycles. The van der Waals surface area contributed by atoms with Crippen LogP contribution in [0.25, 0.3) is 0 Å². The summed E-state index contributed by atoms with van der Waals surface area (Å²) < 4.78 is 0. The normalized spacial score (nSPS) is 31.2. The molecule has 1 saturated heterocycles. The summed E-state index contributed by atoms with van der Waals surface area (Å²) in [6.07, 6.45) is 6.27. The first-order valence-electron chi connectivity index (χ1n) is 8.92. The number of amides is 3. The van der Waals surface area contributed by atoms with Crippen LogP contribution in [0, 0.1) is 23.7 Å². The minimum atomic E-state index is -0.536. The molecule has 3 amide bonds. The molecular formula is C20H22N2O3. The van der Waals surface area contributed by atoms with Crippen LogP contribution in [0.2, 0.25) is 0 Å². The molecule has 1 aliphatic heterocycles. The Bertz CT molecular complexity index is 711. The molecule has 4 aliphatic rings. The number of nitrogens with one attached hydrogen (secondary N) is 1. The van der Waals surface area contributed by atoms with Gasteiger partial charge in [-0.1, -0.05) is 42.5 Å². The van der Waals surface area contributed by atoms with Gasteiger partial charge in [0.1, 0.15) is 0 Å². The van der Waals surface area contributed by atoms with E-state index in [1.807, 2.05) is 30.3 Å². The van der Waals surface area contributed by atoms with Crippen LogP contribution in [0.1, 0.15) is 30.9 Å². The average molecular weight is 338 g/mol. The van der Waals surface area contributed by atoms with E-state index in [0.29, 0.717) is 0 Å². The summed E-state index contributed by atoms with van der Waals surface area (Å²) in [4.78, 5) is 39.8. The maximum atomic E-state index is 13.2. The molecule has 0 spiro atoms. The van der Waals surface area contributed by atoms with Gasteiger partial charge in [0.2, 0.25) is 17.7 Å². The number of rotatable bonds is 4. The zero-order chi connectivity index (χ0) is 17.6. The predicted octanol–water partition coefficient (Wildman–Crippen LogP) is 2.06. The standard InChI is InChI=1S/C20H22N2O3/c1-21-16(23)11-15(12-5-3-2-4-6-12)22-19(24)17-13-7-8-14(10-9-13)18(17)20(22)25/h2-8,13-15,17-18H,9-11H2,1H3,(H,21,23)/t13-,14-,15+,17+,18+/m0/s1. The number of allylic oxidation sites excluding steroid dienone is 2. The molecule has 5 nitrogen and oxygen atoms in total. The van der Waals surface area contributed by atoms with E-state index in [1.165, 1.54) is 4.90 Å². The van der Waals surface area contributed by atoms with Crippen LogP contribution in [-0.4, -0.2) is 29.7 Å². The fraction of sp³-hybridized carbons (Fsp3) is 0.450. The summed E-state index contributed by atoms with van der Waals surface area (Å²) >= 11 is 0. The number of hydrogen-bond donors (Lipinski definition) is 1. The molecule has 3 aliphatic carbocycles. The van der Waals surface area contributed by atoms with E-state index in [2.05, 4.69) is 17.5 Å². The smallest absolute Gasteiger partial charge is 0.234 e. The molecule has 2 fully saturated rings. The Hall–Kier alpha value is -2.43. The van der Waals surface area contributed by atoms with Crippen molar-refractivity contribution >= 4 is 17.7 Å². The maximum Gasteiger partial charge on any atom is 0.234 e. The minimum Gasteiger partial charge on any atom is -0.359 e. The van der Waals surface area contributed by atoms with Gasteiger partial charge in [0.05, 0.1) is 24.3 Å². The zero-order valence-electron chi connectivity index (χ0n) is 14.2. The molecule has 0 unspecified atom stereocenters. The van der Waals surface area contributed by atoms with Crippen molar-refractivity contribution in [2.24, 2.45) is 23.7 Å². The number of benzene rings is 1. The molecule has 1 aromatic carbocycles. The Balaban J connectivity index is 1.71. The second-order valence-electron chi connectivity index (χ2n) is 7.19. The summed E-state index contributed by atoms with van der Waals surface area (Å²) in [5.74, 6) is -0.552. The Kier molecular flexibility index (Phi) is 3.94. The summed E-state index contributed by atoms with van der Waals surface area (Å²) in [5.41, 5.74) is 0.826. The second-order valence-corrected chi connectivity index (χ2v) is 7.19. The van der Waals surface area contributed by atoms with Gasteiger partial charge in [-0.05, 0) is 30.2 Å². The highest BCUT2D eigenvalue weighted by atomic mass is 16.2. The monoisotopic (exact) mass is 338 g/mol. The van der Waals surface area contributed by atoms with E-state index >= 15 is 0 Å². The summed E-state index contributed by atoms with van der Waals surface area (Å²) in [7, 11) is 1.57. The van der Waals surface area contributed by atoms with Gasteiger partial charge in [0, 0.05) is 7.05 Å². The minimum absolute atomic E-state index is 0.0974. The summed E-state index contributed by atoms with van der Waals surface area (Å²) in [6, 6.07) is 8.85. The first-order valence-corrected chi connectivity index (χ1v) is 8.92. The van der Waals surface area contributed by atoms with E-state index in [1.54, 1.807) is 7.05 Å². The van der Waals surface area contributed by atoms with E-state index < -0.39 is 6.04 Å². The number of carbonyl (C=O) groups excluding carboxylic acids is 3. The molecule has 130 valence electrons. The van der Waals surface area contributed by atoms with E-state index in [-0.39, 0.29) is 47.8 Å². The number of carbonyl (C=O) groups is 3. The van der Waals surface area contributed by atoms with Crippen LogP contribution < -0.4 is 5.32 Å². The van der Waals surface area contributed by atoms with Crippen molar-refractivity contribution in [3.8, 4) is 0 Å². The van der Waals surface area contributed by atoms with Crippen molar-refractivity contribution in [2.75, 3.05) is 7.05 Å². The third-order valence-corrected chi connectivity index (χ3v) is 5.95. The van der Waals surface area contributed by atoms with Crippen LogP contribution in [-0.2, 0) is 14.4 Å². The average Bonchev–Trinajstić information content (AvgIpc) is 2.94. The fourth-order valence-corrected chi connectivity index (χ4v) is 4.72. The van der Waals surface area contributed by atoms with Crippen LogP contribution in [0.5, 0.6) is 0 Å².